The first-order valence-electron chi connectivity index (χ1n) is 9.40. The Kier molecular flexibility index (Phi) is 7.35. The summed E-state index contributed by atoms with van der Waals surface area (Å²) in [7, 11) is 0. The van der Waals surface area contributed by atoms with E-state index < -0.39 is 6.04 Å². The fraction of sp³-hybridized carbons (Fsp3) is 0.579. The zero-order chi connectivity index (χ0) is 19.2. The summed E-state index contributed by atoms with van der Waals surface area (Å²) in [6, 6.07) is 4.36. The van der Waals surface area contributed by atoms with Crippen molar-refractivity contribution >= 4 is 35.0 Å². The maximum atomic E-state index is 12.9. The van der Waals surface area contributed by atoms with E-state index >= 15 is 0 Å². The predicted molar refractivity (Wildman–Crippen MR) is 105 cm³/mol. The minimum Gasteiger partial charge on any atom is -0.379 e. The predicted octanol–water partition coefficient (Wildman–Crippen LogP) is 2.44. The molecule has 8 heteroatoms. The highest BCUT2D eigenvalue weighted by Gasteiger charge is 2.35. The smallest absolute Gasteiger partial charge is 0.256 e. The highest BCUT2D eigenvalue weighted by molar-refractivity contribution is 6.35. The van der Waals surface area contributed by atoms with Gasteiger partial charge in [-0.25, -0.2) is 0 Å². The molecule has 0 aliphatic carbocycles. The molecule has 2 heterocycles. The Morgan fingerprint density at radius 3 is 2.74 bits per heavy atom. The van der Waals surface area contributed by atoms with Crippen LogP contribution in [0.2, 0.25) is 10.0 Å². The van der Waals surface area contributed by atoms with Gasteiger partial charge in [-0.3, -0.25) is 14.5 Å². The molecule has 2 aliphatic rings. The second-order valence-corrected chi connectivity index (χ2v) is 7.72. The van der Waals surface area contributed by atoms with Crippen molar-refractivity contribution in [2.75, 3.05) is 45.9 Å². The number of nitrogens with one attached hydrogen (secondary N) is 1. The molecule has 3 rings (SSSR count). The van der Waals surface area contributed by atoms with Gasteiger partial charge in [-0.05, 0) is 44.0 Å². The van der Waals surface area contributed by atoms with Gasteiger partial charge in [0.05, 0.1) is 23.8 Å². The van der Waals surface area contributed by atoms with E-state index in [0.717, 1.165) is 45.7 Å². The topological polar surface area (TPSA) is 61.9 Å². The van der Waals surface area contributed by atoms with Crippen molar-refractivity contribution in [2.24, 2.45) is 0 Å². The summed E-state index contributed by atoms with van der Waals surface area (Å²) in [4.78, 5) is 29.4. The van der Waals surface area contributed by atoms with Gasteiger partial charge in [-0.2, -0.15) is 0 Å². The molecule has 6 nitrogen and oxygen atoms in total. The minimum atomic E-state index is -0.448. The van der Waals surface area contributed by atoms with Crippen LogP contribution in [0.1, 0.15) is 29.6 Å². The molecular weight excluding hydrogens is 389 g/mol. The molecule has 2 aliphatic heterocycles. The second kappa shape index (κ2) is 9.73. The number of morpholine rings is 1. The number of carbonyl (C=O) groups excluding carboxylic acids is 2. The Labute approximate surface area is 169 Å². The molecule has 0 spiro atoms. The van der Waals surface area contributed by atoms with Crippen LogP contribution in [-0.4, -0.2) is 73.6 Å². The Hall–Kier alpha value is -1.34. The van der Waals surface area contributed by atoms with Gasteiger partial charge in [0.25, 0.3) is 5.91 Å². The summed E-state index contributed by atoms with van der Waals surface area (Å²) in [5.74, 6) is -0.338. The van der Waals surface area contributed by atoms with Gasteiger partial charge in [-0.1, -0.05) is 23.2 Å². The Morgan fingerprint density at radius 1 is 1.19 bits per heavy atom. The number of hydrogen-bond donors (Lipinski definition) is 1. The fourth-order valence-electron chi connectivity index (χ4n) is 3.56. The molecule has 0 aromatic heterocycles. The van der Waals surface area contributed by atoms with Gasteiger partial charge in [0.1, 0.15) is 6.04 Å². The zero-order valence-electron chi connectivity index (χ0n) is 15.3. The van der Waals surface area contributed by atoms with Crippen LogP contribution in [0, 0.1) is 0 Å². The first-order valence-corrected chi connectivity index (χ1v) is 10.2. The first-order chi connectivity index (χ1) is 13.1. The van der Waals surface area contributed by atoms with E-state index in [2.05, 4.69) is 10.2 Å². The molecule has 2 saturated heterocycles. The van der Waals surface area contributed by atoms with E-state index in [1.807, 2.05) is 0 Å². The van der Waals surface area contributed by atoms with Crippen molar-refractivity contribution in [3.63, 3.8) is 0 Å². The lowest BCUT2D eigenvalue weighted by molar-refractivity contribution is -0.124. The van der Waals surface area contributed by atoms with Crippen LogP contribution in [0.3, 0.4) is 0 Å². The third kappa shape index (κ3) is 5.35. The molecule has 1 N–H and O–H groups in total. The molecule has 0 unspecified atom stereocenters. The van der Waals surface area contributed by atoms with E-state index in [1.165, 1.54) is 0 Å². The minimum absolute atomic E-state index is 0.0963. The molecule has 0 bridgehead atoms. The monoisotopic (exact) mass is 413 g/mol. The Balaban J connectivity index is 1.51. The molecule has 1 aromatic rings. The van der Waals surface area contributed by atoms with Gasteiger partial charge in [-0.15, -0.1) is 0 Å². The zero-order valence-corrected chi connectivity index (χ0v) is 16.8. The quantitative estimate of drug-likeness (QED) is 0.727. The van der Waals surface area contributed by atoms with Crippen LogP contribution < -0.4 is 5.32 Å². The molecule has 148 valence electrons. The number of amides is 2. The third-order valence-electron chi connectivity index (χ3n) is 5.03. The lowest BCUT2D eigenvalue weighted by atomic mass is 10.1. The van der Waals surface area contributed by atoms with Crippen molar-refractivity contribution in [3.8, 4) is 0 Å². The lowest BCUT2D eigenvalue weighted by Gasteiger charge is -2.27. The van der Waals surface area contributed by atoms with Crippen molar-refractivity contribution in [2.45, 2.75) is 25.3 Å². The average Bonchev–Trinajstić information content (AvgIpc) is 3.17. The van der Waals surface area contributed by atoms with Crippen LogP contribution in [-0.2, 0) is 9.53 Å². The first kappa shape index (κ1) is 20.4. The maximum absolute atomic E-state index is 12.9. The molecular formula is C19H25Cl2N3O3. The second-order valence-electron chi connectivity index (χ2n) is 6.88. The summed E-state index contributed by atoms with van der Waals surface area (Å²) >= 11 is 12.1. The van der Waals surface area contributed by atoms with Crippen LogP contribution in [0.15, 0.2) is 18.2 Å². The summed E-state index contributed by atoms with van der Waals surface area (Å²) < 4.78 is 5.33. The average molecular weight is 414 g/mol. The van der Waals surface area contributed by atoms with E-state index in [1.54, 1.807) is 23.1 Å². The van der Waals surface area contributed by atoms with Crippen molar-refractivity contribution in [1.29, 1.82) is 0 Å². The van der Waals surface area contributed by atoms with Gasteiger partial charge in [0.15, 0.2) is 0 Å². The molecule has 2 fully saturated rings. The molecule has 0 saturated carbocycles. The van der Waals surface area contributed by atoms with Crippen LogP contribution >= 0.6 is 23.2 Å². The van der Waals surface area contributed by atoms with Crippen molar-refractivity contribution in [1.82, 2.24) is 15.1 Å². The molecule has 1 atom stereocenters. The van der Waals surface area contributed by atoms with Gasteiger partial charge in [0, 0.05) is 31.2 Å². The largest absolute Gasteiger partial charge is 0.379 e. The lowest BCUT2D eigenvalue weighted by Crippen LogP contribution is -2.46. The van der Waals surface area contributed by atoms with Crippen LogP contribution in [0.4, 0.5) is 0 Å². The fourth-order valence-corrected chi connectivity index (χ4v) is 3.93. The van der Waals surface area contributed by atoms with Gasteiger partial charge >= 0.3 is 0 Å². The summed E-state index contributed by atoms with van der Waals surface area (Å²) in [5.41, 5.74) is 0.344. The maximum Gasteiger partial charge on any atom is 0.256 e. The van der Waals surface area contributed by atoms with Crippen LogP contribution in [0.25, 0.3) is 0 Å². The molecule has 2 amide bonds. The van der Waals surface area contributed by atoms with Gasteiger partial charge in [0.2, 0.25) is 5.91 Å². The standard InChI is InChI=1S/C19H25Cl2N3O3/c20-14-4-5-16(21)15(13-14)19(26)24-8-1-3-17(24)18(25)22-6-2-7-23-9-11-27-12-10-23/h4-5,13,17H,1-3,6-12H2,(H,22,25)/t17-/m0/s1. The van der Waals surface area contributed by atoms with Crippen molar-refractivity contribution < 1.29 is 14.3 Å². The van der Waals surface area contributed by atoms with Crippen molar-refractivity contribution in [3.05, 3.63) is 33.8 Å². The number of likely N-dealkylation sites (tertiary alicyclic amines) is 1. The van der Waals surface area contributed by atoms with E-state index in [9.17, 15) is 9.59 Å². The molecule has 0 radical (unpaired) electrons. The summed E-state index contributed by atoms with van der Waals surface area (Å²) in [6.07, 6.45) is 2.35. The Bertz CT molecular complexity index is 680. The summed E-state index contributed by atoms with van der Waals surface area (Å²) in [6.45, 7) is 5.53. The molecule has 27 heavy (non-hydrogen) atoms. The Morgan fingerprint density at radius 2 is 1.96 bits per heavy atom. The number of halogens is 2. The normalized spacial score (nSPS) is 20.7. The number of carbonyl (C=O) groups is 2. The summed E-state index contributed by atoms with van der Waals surface area (Å²) in [5, 5.41) is 3.77. The van der Waals surface area contributed by atoms with E-state index in [-0.39, 0.29) is 11.8 Å². The third-order valence-corrected chi connectivity index (χ3v) is 5.59. The number of hydrogen-bond acceptors (Lipinski definition) is 4. The SMILES string of the molecule is O=C(NCCCN1CCOCC1)[C@@H]1CCCN1C(=O)c1cc(Cl)ccc1Cl. The highest BCUT2D eigenvalue weighted by atomic mass is 35.5. The highest BCUT2D eigenvalue weighted by Crippen LogP contribution is 2.26. The molecule has 1 aromatic carbocycles. The number of nitrogens with zero attached hydrogens (tertiary/aromatic N) is 2. The number of ether oxygens (including phenoxy) is 1. The number of rotatable bonds is 6. The van der Waals surface area contributed by atoms with Crippen LogP contribution in [0.5, 0.6) is 0 Å². The van der Waals surface area contributed by atoms with E-state index in [4.69, 9.17) is 27.9 Å². The number of benzene rings is 1. The van der Waals surface area contributed by atoms with Gasteiger partial charge < -0.3 is 15.0 Å². The van der Waals surface area contributed by atoms with E-state index in [0.29, 0.717) is 35.1 Å².